The van der Waals surface area contributed by atoms with Crippen LogP contribution in [0, 0.1) is 0 Å². The Labute approximate surface area is 282 Å². The Balaban J connectivity index is 3.90. The van der Waals surface area contributed by atoms with Gasteiger partial charge in [0.2, 0.25) is 0 Å². The topological polar surface area (TPSA) is 119 Å². The number of phosphoric ester groups is 1. The molecular formula is C37H71O8P. The summed E-state index contributed by atoms with van der Waals surface area (Å²) in [7, 11) is -4.74. The summed E-state index contributed by atoms with van der Waals surface area (Å²) < 4.78 is 26.3. The van der Waals surface area contributed by atoms with Gasteiger partial charge in [0.25, 0.3) is 0 Å². The molecule has 0 rings (SSSR count). The minimum Gasteiger partial charge on any atom is -0.462 e. The summed E-state index contributed by atoms with van der Waals surface area (Å²) in [5.74, 6) is -0.888. The van der Waals surface area contributed by atoms with Crippen molar-refractivity contribution >= 4 is 19.8 Å². The lowest BCUT2D eigenvalue weighted by molar-refractivity contribution is -0.161. The quantitative estimate of drug-likeness (QED) is 0.0295. The van der Waals surface area contributed by atoms with Crippen LogP contribution in [0.4, 0.5) is 0 Å². The van der Waals surface area contributed by atoms with Crippen LogP contribution in [0.3, 0.4) is 0 Å². The fourth-order valence-corrected chi connectivity index (χ4v) is 5.77. The summed E-state index contributed by atoms with van der Waals surface area (Å²) in [5, 5.41) is 0. The molecule has 0 saturated heterocycles. The minimum absolute atomic E-state index is 0.205. The minimum atomic E-state index is -4.74. The van der Waals surface area contributed by atoms with Crippen molar-refractivity contribution in [3.63, 3.8) is 0 Å². The van der Waals surface area contributed by atoms with Crippen molar-refractivity contribution in [2.24, 2.45) is 0 Å². The fraction of sp³-hybridized carbons (Fsp3) is 0.892. The van der Waals surface area contributed by atoms with Gasteiger partial charge in [0, 0.05) is 12.8 Å². The van der Waals surface area contributed by atoms with Gasteiger partial charge in [-0.2, -0.15) is 0 Å². The van der Waals surface area contributed by atoms with Gasteiger partial charge in [-0.05, 0) is 32.1 Å². The first kappa shape index (κ1) is 44.8. The molecule has 0 saturated carbocycles. The average molecular weight is 675 g/mol. The Hall–Kier alpha value is -1.21. The molecule has 0 unspecified atom stereocenters. The number of allylic oxidation sites excluding steroid dienone is 2. The van der Waals surface area contributed by atoms with E-state index in [9.17, 15) is 14.2 Å². The molecule has 272 valence electrons. The van der Waals surface area contributed by atoms with Crippen molar-refractivity contribution in [1.29, 1.82) is 0 Å². The molecule has 2 N–H and O–H groups in total. The molecule has 0 heterocycles. The standard InChI is InChI=1S/C37H71O8P/c1-3-5-7-9-11-13-15-16-17-18-19-20-22-23-25-27-29-31-36(38)43-33-35(34-44-46(40,41)42)45-37(39)32-30-28-26-24-21-14-12-10-8-6-4-2/h10,12,35H,3-9,11,13-34H2,1-2H3,(H2,40,41,42)/b12-10+/t35-/m1/s1. The predicted molar refractivity (Wildman–Crippen MR) is 189 cm³/mol. The fourth-order valence-electron chi connectivity index (χ4n) is 5.41. The summed E-state index contributed by atoms with van der Waals surface area (Å²) >= 11 is 0. The summed E-state index contributed by atoms with van der Waals surface area (Å²) in [6, 6.07) is 0. The van der Waals surface area contributed by atoms with E-state index in [0.29, 0.717) is 6.42 Å². The van der Waals surface area contributed by atoms with Gasteiger partial charge < -0.3 is 19.3 Å². The zero-order valence-corrected chi connectivity index (χ0v) is 30.6. The highest BCUT2D eigenvalue weighted by Gasteiger charge is 2.22. The van der Waals surface area contributed by atoms with Crippen LogP contribution < -0.4 is 0 Å². The van der Waals surface area contributed by atoms with Gasteiger partial charge in [0.15, 0.2) is 6.10 Å². The molecule has 0 spiro atoms. The predicted octanol–water partition coefficient (Wildman–Crippen LogP) is 11.1. The molecule has 0 aromatic carbocycles. The number of carbonyl (C=O) groups excluding carboxylic acids is 2. The van der Waals surface area contributed by atoms with Gasteiger partial charge in [-0.15, -0.1) is 0 Å². The van der Waals surface area contributed by atoms with Gasteiger partial charge in [0.05, 0.1) is 6.61 Å². The van der Waals surface area contributed by atoms with Gasteiger partial charge in [-0.3, -0.25) is 14.1 Å². The van der Waals surface area contributed by atoms with Crippen LogP contribution >= 0.6 is 7.82 Å². The molecule has 1 atom stereocenters. The number of hydrogen-bond acceptors (Lipinski definition) is 6. The lowest BCUT2D eigenvalue weighted by Crippen LogP contribution is -2.29. The van der Waals surface area contributed by atoms with Crippen molar-refractivity contribution in [2.45, 2.75) is 200 Å². The molecule has 0 aliphatic heterocycles. The molecule has 9 heteroatoms. The van der Waals surface area contributed by atoms with Crippen molar-refractivity contribution in [3.05, 3.63) is 12.2 Å². The van der Waals surface area contributed by atoms with E-state index in [2.05, 4.69) is 30.5 Å². The molecule has 0 fully saturated rings. The van der Waals surface area contributed by atoms with Crippen LogP contribution in [-0.4, -0.2) is 41.0 Å². The second-order valence-corrected chi connectivity index (χ2v) is 14.1. The lowest BCUT2D eigenvalue weighted by atomic mass is 10.0. The molecule has 8 nitrogen and oxygen atoms in total. The largest absolute Gasteiger partial charge is 0.469 e. The van der Waals surface area contributed by atoms with Gasteiger partial charge in [-0.1, -0.05) is 161 Å². The first-order valence-electron chi connectivity index (χ1n) is 19.0. The molecule has 0 aliphatic rings. The zero-order valence-electron chi connectivity index (χ0n) is 29.7. The maximum Gasteiger partial charge on any atom is 0.469 e. The first-order valence-corrected chi connectivity index (χ1v) is 20.5. The molecule has 0 aromatic rings. The third-order valence-electron chi connectivity index (χ3n) is 8.28. The molecule has 0 bridgehead atoms. The number of ether oxygens (including phenoxy) is 2. The maximum absolute atomic E-state index is 12.3. The van der Waals surface area contributed by atoms with Crippen LogP contribution in [0.15, 0.2) is 12.2 Å². The van der Waals surface area contributed by atoms with Gasteiger partial charge in [0.1, 0.15) is 6.61 Å². The molecule has 46 heavy (non-hydrogen) atoms. The third kappa shape index (κ3) is 35.6. The van der Waals surface area contributed by atoms with Gasteiger partial charge >= 0.3 is 19.8 Å². The lowest BCUT2D eigenvalue weighted by Gasteiger charge is -2.18. The first-order chi connectivity index (χ1) is 22.3. The number of hydrogen-bond donors (Lipinski definition) is 2. The van der Waals surface area contributed by atoms with Crippen LogP contribution in [0.1, 0.15) is 194 Å². The highest BCUT2D eigenvalue weighted by molar-refractivity contribution is 7.46. The Kier molecular flexibility index (Phi) is 32.8. The third-order valence-corrected chi connectivity index (χ3v) is 8.77. The summed E-state index contributed by atoms with van der Waals surface area (Å²) in [6.07, 6.45) is 35.1. The van der Waals surface area contributed by atoms with Crippen molar-refractivity contribution in [3.8, 4) is 0 Å². The number of esters is 2. The second kappa shape index (κ2) is 33.7. The number of phosphoric acid groups is 1. The summed E-state index contributed by atoms with van der Waals surface area (Å²) in [6.45, 7) is 3.64. The molecule has 0 aromatic heterocycles. The SMILES string of the molecule is CCCC/C=C/CCCCCCCC(=O)O[C@H](COC(=O)CCCCCCCCCCCCCCCCCCC)COP(=O)(O)O. The zero-order chi connectivity index (χ0) is 34.0. The van der Waals surface area contributed by atoms with Crippen molar-refractivity contribution in [2.75, 3.05) is 13.2 Å². The van der Waals surface area contributed by atoms with Crippen LogP contribution in [0.2, 0.25) is 0 Å². The summed E-state index contributed by atoms with van der Waals surface area (Å²) in [4.78, 5) is 42.6. The van der Waals surface area contributed by atoms with E-state index in [1.54, 1.807) is 0 Å². The van der Waals surface area contributed by atoms with E-state index in [4.69, 9.17) is 19.3 Å². The molecular weight excluding hydrogens is 603 g/mol. The van der Waals surface area contributed by atoms with Crippen LogP contribution in [-0.2, 0) is 28.2 Å². The van der Waals surface area contributed by atoms with E-state index < -0.39 is 32.5 Å². The van der Waals surface area contributed by atoms with Crippen LogP contribution in [0.5, 0.6) is 0 Å². The van der Waals surface area contributed by atoms with E-state index in [1.165, 1.54) is 103 Å². The Morgan fingerprint density at radius 1 is 0.543 bits per heavy atom. The van der Waals surface area contributed by atoms with Crippen LogP contribution in [0.25, 0.3) is 0 Å². The second-order valence-electron chi connectivity index (χ2n) is 12.9. The average Bonchev–Trinajstić information content (AvgIpc) is 3.02. The smallest absolute Gasteiger partial charge is 0.462 e. The number of carbonyl (C=O) groups is 2. The van der Waals surface area contributed by atoms with E-state index in [-0.39, 0.29) is 19.4 Å². The molecule has 0 radical (unpaired) electrons. The Morgan fingerprint density at radius 3 is 1.39 bits per heavy atom. The van der Waals surface area contributed by atoms with Crippen molar-refractivity contribution in [1.82, 2.24) is 0 Å². The van der Waals surface area contributed by atoms with E-state index >= 15 is 0 Å². The molecule has 0 aliphatic carbocycles. The normalized spacial score (nSPS) is 12.5. The van der Waals surface area contributed by atoms with Crippen molar-refractivity contribution < 1.29 is 37.9 Å². The highest BCUT2D eigenvalue weighted by Crippen LogP contribution is 2.36. The number of rotatable bonds is 35. The van der Waals surface area contributed by atoms with E-state index in [1.807, 2.05) is 0 Å². The Morgan fingerprint density at radius 2 is 0.935 bits per heavy atom. The van der Waals surface area contributed by atoms with E-state index in [0.717, 1.165) is 57.8 Å². The Bertz CT molecular complexity index is 766. The summed E-state index contributed by atoms with van der Waals surface area (Å²) in [5.41, 5.74) is 0. The monoisotopic (exact) mass is 674 g/mol. The number of unbranched alkanes of at least 4 members (excludes halogenated alkanes) is 23. The van der Waals surface area contributed by atoms with Gasteiger partial charge in [-0.25, -0.2) is 4.57 Å². The maximum atomic E-state index is 12.3. The molecule has 0 amide bonds. The highest BCUT2D eigenvalue weighted by atomic mass is 31.2.